The van der Waals surface area contributed by atoms with E-state index in [9.17, 15) is 43.5 Å². The number of para-hydroxylation sites is 1. The van der Waals surface area contributed by atoms with E-state index in [0.717, 1.165) is 10.9 Å². The maximum Gasteiger partial charge on any atom is 0.305 e. The minimum Gasteiger partial charge on any atom is -0.481 e. The van der Waals surface area contributed by atoms with Crippen molar-refractivity contribution in [1.29, 1.82) is 0 Å². The third-order valence-electron chi connectivity index (χ3n) is 9.24. The third-order valence-corrected chi connectivity index (χ3v) is 11.7. The number of rotatable bonds is 10. The van der Waals surface area contributed by atoms with E-state index >= 15 is 0 Å². The molecule has 310 valence electrons. The van der Waals surface area contributed by atoms with Crippen molar-refractivity contribution in [1.82, 2.24) is 36.5 Å². The summed E-state index contributed by atoms with van der Waals surface area (Å²) in [5.41, 5.74) is 17.8. The van der Waals surface area contributed by atoms with Gasteiger partial charge in [0.1, 0.15) is 30.2 Å². The summed E-state index contributed by atoms with van der Waals surface area (Å²) in [5.74, 6) is -6.35. The highest BCUT2D eigenvalue weighted by atomic mass is 33.1. The number of nitrogens with one attached hydrogen (secondary N) is 6. The van der Waals surface area contributed by atoms with E-state index in [1.165, 1.54) is 26.5 Å². The molecule has 20 nitrogen and oxygen atoms in total. The minimum absolute atomic E-state index is 0.0195. The van der Waals surface area contributed by atoms with Gasteiger partial charge in [-0.15, -0.1) is 0 Å². The summed E-state index contributed by atoms with van der Waals surface area (Å²) in [4.78, 5) is 114. The molecule has 4 rings (SSSR count). The molecular formula is C35H49N11O9S2. The monoisotopic (exact) mass is 831 g/mol. The number of carboxylic acids is 1. The number of H-pyrrole nitrogens is 1. The Labute approximate surface area is 335 Å². The lowest BCUT2D eigenvalue weighted by Crippen LogP contribution is -2.59. The lowest BCUT2D eigenvalue weighted by Gasteiger charge is -2.30. The molecule has 7 amide bonds. The number of aliphatic carboxylic acids is 1. The van der Waals surface area contributed by atoms with Crippen molar-refractivity contribution in [3.63, 3.8) is 0 Å². The molecule has 0 radical (unpaired) electrons. The lowest BCUT2D eigenvalue weighted by molar-refractivity contribution is -0.143. The fourth-order valence-electron chi connectivity index (χ4n) is 6.39. The molecule has 0 saturated carbocycles. The number of carbonyl (C=O) groups excluding carboxylic acids is 7. The number of hydrogen-bond acceptors (Lipinski definition) is 11. The molecule has 1 aromatic heterocycles. The first-order valence-electron chi connectivity index (χ1n) is 18.4. The zero-order chi connectivity index (χ0) is 41.5. The Bertz CT molecular complexity index is 1840. The minimum atomic E-state index is -1.68. The summed E-state index contributed by atoms with van der Waals surface area (Å²) < 4.78 is 0. The van der Waals surface area contributed by atoms with Gasteiger partial charge in [-0.2, -0.15) is 0 Å². The van der Waals surface area contributed by atoms with E-state index in [0.29, 0.717) is 24.8 Å². The highest BCUT2D eigenvalue weighted by Crippen LogP contribution is 2.25. The van der Waals surface area contributed by atoms with Crippen LogP contribution in [0.15, 0.2) is 35.5 Å². The number of nitrogens with two attached hydrogens (primary N) is 3. The average Bonchev–Trinajstić information content (AvgIpc) is 3.82. The van der Waals surface area contributed by atoms with Gasteiger partial charge in [-0.1, -0.05) is 39.8 Å². The standard InChI is InChI=1S/C35H49N11O9S2/c36-30(51)25-18-57-56-13-10-27(47)42-22(8-3-4-11-39-35(37)38)31(52)41-17-28(48)43-23(15-29(49)50)32(53)44-24(14-19-16-40-21-7-2-1-6-20(19)21)34(55)46-12-5-9-26(46)33(54)45-25/h1-2,6-7,16,22-26,40H,3-5,8-15,17-18H2,(H2,36,51)(H,41,52)(H,42,47)(H,43,48)(H,44,53)(H,45,54)(H,49,50)(H4,37,38,39)/t22-,23-,24+,25-,26-/m0/s1. The highest BCUT2D eigenvalue weighted by Gasteiger charge is 2.40. The van der Waals surface area contributed by atoms with Gasteiger partial charge in [-0.05, 0) is 43.7 Å². The van der Waals surface area contributed by atoms with Crippen molar-refractivity contribution >= 4 is 85.8 Å². The van der Waals surface area contributed by atoms with Crippen molar-refractivity contribution in [2.24, 2.45) is 22.2 Å². The summed E-state index contributed by atoms with van der Waals surface area (Å²) in [6, 6.07) is 1.07. The van der Waals surface area contributed by atoms with Gasteiger partial charge >= 0.3 is 5.97 Å². The molecule has 0 aliphatic carbocycles. The van der Waals surface area contributed by atoms with Crippen molar-refractivity contribution in [3.8, 4) is 0 Å². The average molecular weight is 832 g/mol. The third kappa shape index (κ3) is 13.6. The Morgan fingerprint density at radius 1 is 0.877 bits per heavy atom. The van der Waals surface area contributed by atoms with Crippen LogP contribution in [0.3, 0.4) is 0 Å². The molecule has 0 unspecified atom stereocenters. The van der Waals surface area contributed by atoms with Gasteiger partial charge in [0.2, 0.25) is 41.4 Å². The van der Waals surface area contributed by atoms with Crippen LogP contribution in [0, 0.1) is 0 Å². The number of aromatic amines is 1. The second-order valence-corrected chi connectivity index (χ2v) is 16.1. The van der Waals surface area contributed by atoms with Crippen LogP contribution in [-0.2, 0) is 44.8 Å². The van der Waals surface area contributed by atoms with E-state index in [-0.39, 0.29) is 56.2 Å². The SMILES string of the molecule is NC(=O)[C@@H]1CSSCCC(=O)N[C@@H](CCCCN=C(N)N)C(=O)NCC(=O)N[C@@H](CC(=O)O)C(=O)N[C@H](Cc2c[nH]c3ccccc23)C(=O)N2CCC[C@H]2C(=O)N1. The lowest BCUT2D eigenvalue weighted by atomic mass is 10.0. The van der Waals surface area contributed by atoms with Gasteiger partial charge in [0.15, 0.2) is 5.96 Å². The smallest absolute Gasteiger partial charge is 0.305 e. The van der Waals surface area contributed by atoms with Crippen LogP contribution in [0.25, 0.3) is 10.9 Å². The highest BCUT2D eigenvalue weighted by molar-refractivity contribution is 8.76. The second kappa shape index (κ2) is 21.7. The van der Waals surface area contributed by atoms with Gasteiger partial charge in [-0.3, -0.25) is 43.3 Å². The number of nitrogens with zero attached hydrogens (tertiary/aromatic N) is 2. The number of aromatic nitrogens is 1. The normalized spacial score (nSPS) is 23.6. The number of amides is 7. The number of unbranched alkanes of at least 4 members (excludes halogenated alkanes) is 1. The summed E-state index contributed by atoms with van der Waals surface area (Å²) in [7, 11) is 2.45. The Morgan fingerprint density at radius 3 is 2.37 bits per heavy atom. The number of primary amides is 1. The fourth-order valence-corrected chi connectivity index (χ4v) is 8.56. The van der Waals surface area contributed by atoms with Crippen LogP contribution in [0.4, 0.5) is 0 Å². The largest absolute Gasteiger partial charge is 0.481 e. The van der Waals surface area contributed by atoms with E-state index < -0.39 is 90.5 Å². The first kappa shape index (κ1) is 44.2. The predicted octanol–water partition coefficient (Wildman–Crippen LogP) is -2.05. The number of fused-ring (bicyclic) bond motifs is 2. The molecule has 0 bridgehead atoms. The van der Waals surface area contributed by atoms with Crippen LogP contribution < -0.4 is 43.8 Å². The molecule has 2 saturated heterocycles. The van der Waals surface area contributed by atoms with Crippen molar-refractivity contribution in [3.05, 3.63) is 36.0 Å². The molecule has 2 aliphatic heterocycles. The Kier molecular flexibility index (Phi) is 16.8. The molecule has 22 heteroatoms. The van der Waals surface area contributed by atoms with E-state index in [1.54, 1.807) is 12.3 Å². The zero-order valence-electron chi connectivity index (χ0n) is 31.1. The molecule has 57 heavy (non-hydrogen) atoms. The van der Waals surface area contributed by atoms with Crippen LogP contribution in [0.2, 0.25) is 0 Å². The quantitative estimate of drug-likeness (QED) is 0.0534. The molecule has 0 spiro atoms. The number of carboxylic acid groups (broad SMARTS) is 1. The second-order valence-electron chi connectivity index (χ2n) is 13.5. The molecule has 2 aliphatic rings. The summed E-state index contributed by atoms with van der Waals surface area (Å²) >= 11 is 0. The van der Waals surface area contributed by atoms with E-state index in [2.05, 4.69) is 36.6 Å². The van der Waals surface area contributed by atoms with Gasteiger partial charge < -0.3 is 58.8 Å². The maximum atomic E-state index is 14.3. The van der Waals surface area contributed by atoms with Gasteiger partial charge in [0.05, 0.1) is 13.0 Å². The van der Waals surface area contributed by atoms with Crippen LogP contribution >= 0.6 is 21.6 Å². The Morgan fingerprint density at radius 2 is 1.63 bits per heavy atom. The summed E-state index contributed by atoms with van der Waals surface area (Å²) in [6.45, 7) is -0.233. The number of aliphatic imine (C=N–C) groups is 1. The van der Waals surface area contributed by atoms with E-state index in [1.807, 2.05) is 18.2 Å². The van der Waals surface area contributed by atoms with Crippen LogP contribution in [-0.4, -0.2) is 130 Å². The topological polar surface area (TPSA) is 326 Å². The molecule has 1 aromatic carbocycles. The van der Waals surface area contributed by atoms with Gasteiger partial charge in [0.25, 0.3) is 0 Å². The summed E-state index contributed by atoms with van der Waals surface area (Å²) in [6.07, 6.45) is 2.48. The first-order chi connectivity index (χ1) is 27.2. The number of benzene rings is 1. The van der Waals surface area contributed by atoms with E-state index in [4.69, 9.17) is 17.2 Å². The number of hydrogen-bond donors (Lipinski definition) is 10. The fraction of sp³-hybridized carbons (Fsp3) is 0.514. The Hall–Kier alpha value is -5.51. The predicted molar refractivity (Wildman–Crippen MR) is 213 cm³/mol. The van der Waals surface area contributed by atoms with Crippen molar-refractivity contribution < 1.29 is 43.5 Å². The van der Waals surface area contributed by atoms with Crippen molar-refractivity contribution in [2.45, 2.75) is 81.6 Å². The number of guanidine groups is 1. The molecule has 2 aromatic rings. The maximum absolute atomic E-state index is 14.3. The summed E-state index contributed by atoms with van der Waals surface area (Å²) in [5, 5.41) is 23.1. The molecule has 5 atom stereocenters. The van der Waals surface area contributed by atoms with Crippen molar-refractivity contribution in [2.75, 3.05) is 31.1 Å². The van der Waals surface area contributed by atoms with Crippen LogP contribution in [0.1, 0.15) is 50.5 Å². The molecule has 3 heterocycles. The van der Waals surface area contributed by atoms with Crippen LogP contribution in [0.5, 0.6) is 0 Å². The van der Waals surface area contributed by atoms with Gasteiger partial charge in [-0.25, -0.2) is 0 Å². The molecule has 13 N–H and O–H groups in total. The Balaban J connectivity index is 1.61. The first-order valence-corrected chi connectivity index (χ1v) is 20.9. The molecule has 2 fully saturated rings. The van der Waals surface area contributed by atoms with Gasteiger partial charge in [0, 0.05) is 54.5 Å². The molecular weight excluding hydrogens is 783 g/mol. The number of carbonyl (C=O) groups is 8. The zero-order valence-corrected chi connectivity index (χ0v) is 32.8.